The Balaban J connectivity index is 0.000000263. The number of rotatable bonds is 35. The van der Waals surface area contributed by atoms with E-state index in [0.717, 1.165) is 32.9 Å². The van der Waals surface area contributed by atoms with Gasteiger partial charge in [0.2, 0.25) is 35.4 Å². The second-order valence-electron chi connectivity index (χ2n) is 26.7. The average molecular weight is 1370 g/mol. The van der Waals surface area contributed by atoms with E-state index in [2.05, 4.69) is 54.1 Å². The fourth-order valence-corrected chi connectivity index (χ4v) is 12.9. The smallest absolute Gasteiger partial charge is 0.260 e. The third-order valence-corrected chi connectivity index (χ3v) is 18.7. The van der Waals surface area contributed by atoms with Gasteiger partial charge >= 0.3 is 0 Å². The van der Waals surface area contributed by atoms with E-state index in [-0.39, 0.29) is 122 Å². The Morgan fingerprint density at radius 3 is 1.92 bits per heavy atom. The Hall–Kier alpha value is -8.20. The molecule has 25 nitrogen and oxygen atoms in total. The molecule has 1 saturated heterocycles. The highest BCUT2D eigenvalue weighted by Crippen LogP contribution is 2.45. The van der Waals surface area contributed by atoms with E-state index in [1.54, 1.807) is 52.2 Å². The molecule has 2 fully saturated rings. The van der Waals surface area contributed by atoms with Crippen molar-refractivity contribution in [3.63, 3.8) is 0 Å². The summed E-state index contributed by atoms with van der Waals surface area (Å²) in [6, 6.07) is 19.0. The maximum absolute atomic E-state index is 14.1. The topological polar surface area (TPSA) is 290 Å². The van der Waals surface area contributed by atoms with Gasteiger partial charge in [-0.15, -0.1) is 0 Å². The van der Waals surface area contributed by atoms with Crippen LogP contribution in [0, 0.1) is 30.6 Å². The van der Waals surface area contributed by atoms with Gasteiger partial charge in [-0.3, -0.25) is 53.2 Å². The molecular formula is C74H100N8O17. The lowest BCUT2D eigenvalue weighted by Gasteiger charge is -2.39. The first-order valence-electron chi connectivity index (χ1n) is 34.3. The van der Waals surface area contributed by atoms with Crippen LogP contribution in [0.2, 0.25) is 0 Å². The second kappa shape index (κ2) is 36.2. The number of benzene rings is 3. The first-order chi connectivity index (χ1) is 47.5. The van der Waals surface area contributed by atoms with Gasteiger partial charge in [0, 0.05) is 115 Å². The summed E-state index contributed by atoms with van der Waals surface area (Å²) in [7, 11) is 6.42. The van der Waals surface area contributed by atoms with Gasteiger partial charge in [-0.25, -0.2) is 0 Å². The highest BCUT2D eigenvalue weighted by atomic mass is 16.6. The number of nitrogens with one attached hydrogen (secondary N) is 3. The Morgan fingerprint density at radius 2 is 1.31 bits per heavy atom. The molecule has 3 N–H and O–H groups in total. The molecule has 0 spiro atoms. The zero-order chi connectivity index (χ0) is 71.4. The van der Waals surface area contributed by atoms with Crippen molar-refractivity contribution in [1.82, 2.24) is 30.7 Å². The summed E-state index contributed by atoms with van der Waals surface area (Å²) < 4.78 is 51.2. The van der Waals surface area contributed by atoms with Crippen LogP contribution >= 0.6 is 0 Å². The molecule has 538 valence electrons. The molecule has 99 heavy (non-hydrogen) atoms. The van der Waals surface area contributed by atoms with Gasteiger partial charge in [0.15, 0.2) is 17.3 Å². The van der Waals surface area contributed by atoms with Crippen molar-refractivity contribution in [2.24, 2.45) is 33.7 Å². The van der Waals surface area contributed by atoms with Crippen molar-refractivity contribution in [2.75, 3.05) is 108 Å². The molecule has 0 radical (unpaired) electrons. The van der Waals surface area contributed by atoms with Crippen molar-refractivity contribution in [3.8, 4) is 17.2 Å². The molecular weight excluding hydrogens is 1270 g/mol. The zero-order valence-electron chi connectivity index (χ0n) is 59.2. The van der Waals surface area contributed by atoms with Crippen LogP contribution in [0.15, 0.2) is 83.0 Å². The summed E-state index contributed by atoms with van der Waals surface area (Å²) in [5.41, 5.74) is 5.43. The van der Waals surface area contributed by atoms with Crippen LogP contribution in [0.3, 0.4) is 0 Å². The molecule has 5 heterocycles. The number of nitrogens with zero attached hydrogens (tertiary/aromatic N) is 5. The first kappa shape index (κ1) is 76.6. The van der Waals surface area contributed by atoms with Gasteiger partial charge in [-0.1, -0.05) is 69.7 Å². The largest absolute Gasteiger partial charge is 0.497 e. The summed E-state index contributed by atoms with van der Waals surface area (Å²) in [5.74, 6) is -0.849. The predicted molar refractivity (Wildman–Crippen MR) is 372 cm³/mol. The highest BCUT2D eigenvalue weighted by Gasteiger charge is 2.50. The molecule has 9 atom stereocenters. The highest BCUT2D eigenvalue weighted by molar-refractivity contribution is 6.07. The Kier molecular flexibility index (Phi) is 28.0. The SMILES string of the molecule is CNC(=O)[C@H](C)CC(=O)[C@@H](NC(=O)CCOCCOCCOCCOCCNC(=O)CCN1C(=O)CC(C)C1=O)C(C)C.COc1ccc(C2=CN3C(=O)C4CC(OC)C(OCCCOc5cc6c(cc5OC)C(=O)N5C=C(c7ccc(C)cc7)C[C@]5(C)C=N6)CC4N=C[C@@]3(C)C2)cc1. The van der Waals surface area contributed by atoms with Crippen molar-refractivity contribution < 1.29 is 81.0 Å². The van der Waals surface area contributed by atoms with Crippen LogP contribution in [-0.2, 0) is 62.0 Å². The fourth-order valence-electron chi connectivity index (χ4n) is 12.9. The van der Waals surface area contributed by atoms with E-state index in [0.29, 0.717) is 121 Å². The Labute approximate surface area is 581 Å². The molecule has 3 aromatic rings. The number of carbonyl (C=O) groups is 8. The molecule has 1 saturated carbocycles. The third-order valence-electron chi connectivity index (χ3n) is 18.7. The number of imide groups is 1. The van der Waals surface area contributed by atoms with Crippen molar-refractivity contribution in [2.45, 2.75) is 142 Å². The summed E-state index contributed by atoms with van der Waals surface area (Å²) >= 11 is 0. The lowest BCUT2D eigenvalue weighted by molar-refractivity contribution is -0.143. The van der Waals surface area contributed by atoms with Gasteiger partial charge in [0.1, 0.15) is 5.75 Å². The minimum Gasteiger partial charge on any atom is -0.497 e. The predicted octanol–water partition coefficient (Wildman–Crippen LogP) is 7.26. The van der Waals surface area contributed by atoms with E-state index >= 15 is 0 Å². The number of aliphatic imine (C=N–C) groups is 2. The van der Waals surface area contributed by atoms with E-state index < -0.39 is 23.0 Å². The monoisotopic (exact) mass is 1370 g/mol. The molecule has 3 aromatic carbocycles. The number of hydrogen-bond acceptors (Lipinski definition) is 19. The summed E-state index contributed by atoms with van der Waals surface area (Å²) in [6.07, 6.45) is 10.8. The molecule has 1 aliphatic carbocycles. The maximum atomic E-state index is 14.1. The van der Waals surface area contributed by atoms with Gasteiger partial charge in [-0.05, 0) is 80.0 Å². The number of methoxy groups -OCH3 is 3. The normalized spacial score (nSPS) is 22.8. The van der Waals surface area contributed by atoms with Crippen molar-refractivity contribution >= 4 is 76.4 Å². The summed E-state index contributed by atoms with van der Waals surface area (Å²) in [6.45, 7) is 17.1. The number of likely N-dealkylation sites (tertiary alicyclic amines) is 1. The third kappa shape index (κ3) is 20.3. The van der Waals surface area contributed by atoms with Crippen LogP contribution in [0.25, 0.3) is 11.1 Å². The van der Waals surface area contributed by atoms with Crippen LogP contribution < -0.4 is 30.2 Å². The number of amides is 7. The van der Waals surface area contributed by atoms with Gasteiger partial charge in [0.05, 0.1) is 133 Å². The lowest BCUT2D eigenvalue weighted by atomic mass is 9.80. The van der Waals surface area contributed by atoms with Crippen LogP contribution in [0.4, 0.5) is 5.69 Å². The summed E-state index contributed by atoms with van der Waals surface area (Å²) in [5, 5.41) is 7.96. The van der Waals surface area contributed by atoms with Crippen molar-refractivity contribution in [1.29, 1.82) is 0 Å². The number of ether oxygens (including phenoxy) is 9. The van der Waals surface area contributed by atoms with Gasteiger partial charge in [0.25, 0.3) is 5.91 Å². The van der Waals surface area contributed by atoms with E-state index in [1.165, 1.54) is 12.6 Å². The molecule has 5 aliphatic heterocycles. The average Bonchev–Trinajstić information content (AvgIpc) is 1.62. The van der Waals surface area contributed by atoms with E-state index in [4.69, 9.17) is 52.6 Å². The number of carbonyl (C=O) groups excluding carboxylic acids is 8. The van der Waals surface area contributed by atoms with Gasteiger partial charge in [-0.2, -0.15) is 0 Å². The number of hydrogen-bond donors (Lipinski definition) is 3. The maximum Gasteiger partial charge on any atom is 0.260 e. The van der Waals surface area contributed by atoms with Crippen LogP contribution in [0.1, 0.15) is 126 Å². The minimum absolute atomic E-state index is 0.0583. The van der Waals surface area contributed by atoms with Crippen LogP contribution in [-0.4, -0.2) is 217 Å². The van der Waals surface area contributed by atoms with Crippen molar-refractivity contribution in [3.05, 3.63) is 95.3 Å². The lowest BCUT2D eigenvalue weighted by Crippen LogP contribution is -2.51. The number of aryl methyl sites for hydroxylation is 1. The molecule has 6 aliphatic rings. The Morgan fingerprint density at radius 1 is 0.687 bits per heavy atom. The second-order valence-corrected chi connectivity index (χ2v) is 26.7. The summed E-state index contributed by atoms with van der Waals surface area (Å²) in [4.78, 5) is 115. The van der Waals surface area contributed by atoms with E-state index in [9.17, 15) is 38.4 Å². The minimum atomic E-state index is -0.657. The molecule has 9 rings (SSSR count). The van der Waals surface area contributed by atoms with E-state index in [1.807, 2.05) is 74.8 Å². The van der Waals surface area contributed by atoms with Crippen LogP contribution in [0.5, 0.6) is 17.2 Å². The molecule has 5 unspecified atom stereocenters. The molecule has 0 bridgehead atoms. The number of Topliss-reactive ketones (excluding diaryl/α,β-unsaturated/α-hetero) is 1. The number of ketones is 1. The fraction of sp³-hybridized carbons (Fsp3) is 0.568. The quantitative estimate of drug-likeness (QED) is 0.0385. The molecule has 7 amide bonds. The number of fused-ring (bicyclic) bond motifs is 4. The molecule has 25 heteroatoms. The molecule has 0 aromatic heterocycles. The first-order valence-corrected chi connectivity index (χ1v) is 34.3. The Bertz CT molecular complexity index is 3450. The standard InChI is InChI=1S/C45H50N4O7.C29H50N4O10/c1-28-8-10-29(11-9-28)31-22-44(2)26-46-36-20-40(38(53-5)18-34(36)42(50)48(44)24-31)55-16-7-17-56-41-21-37-35(19-39(41)54-6)43(51)49-25-32(23-45(49,3)27-47-37)30-12-14-33(52-4)15-13-30;1-20(2)27(23(34)18-21(3)28(38)30-5)32-25(36)7-10-40-12-14-42-16-17-43-15-13-41-11-8-31-24(35)6-9-33-26(37)19-22(4)29(33)39/h8-15,18,20,24-27,35,37,39,41H,7,16-17,19,21-23H2,1-6H3;20-22,27H,6-19H2,1-5H3,(H,30,38)(H,31,35)(H,32,36)/t35?,37?,39?,41?,44-,45-;21-,22?,27+/m11/s1. The van der Waals surface area contributed by atoms with Gasteiger partial charge < -0.3 is 68.4 Å². The zero-order valence-corrected chi connectivity index (χ0v) is 59.2.